The monoisotopic (exact) mass is 297 g/mol. The van der Waals surface area contributed by atoms with Gasteiger partial charge in [0.05, 0.1) is 0 Å². The summed E-state index contributed by atoms with van der Waals surface area (Å²) in [6.07, 6.45) is 2.49. The van der Waals surface area contributed by atoms with Crippen molar-refractivity contribution in [3.8, 4) is 0 Å². The Hall–Kier alpha value is -0.120. The molecule has 0 spiro atoms. The van der Waals surface area contributed by atoms with E-state index in [0.29, 0.717) is 6.04 Å². The largest absolute Gasteiger partial charge is 0.310 e. The zero-order valence-corrected chi connectivity index (χ0v) is 14.1. The highest BCUT2D eigenvalue weighted by molar-refractivity contribution is 8.00. The second kappa shape index (κ2) is 10.6. The van der Waals surface area contributed by atoms with E-state index < -0.39 is 0 Å². The zero-order valence-electron chi connectivity index (χ0n) is 12.4. The summed E-state index contributed by atoms with van der Waals surface area (Å²) >= 11 is 4.02. The van der Waals surface area contributed by atoms with Crippen LogP contribution in [0.5, 0.6) is 0 Å². The number of hydrogen-bond acceptors (Lipinski definition) is 3. The van der Waals surface area contributed by atoms with E-state index in [9.17, 15) is 0 Å². The molecule has 1 rings (SSSR count). The first-order valence-electron chi connectivity index (χ1n) is 7.31. The van der Waals surface area contributed by atoms with E-state index in [-0.39, 0.29) is 0 Å². The molecule has 1 aromatic carbocycles. The molecule has 0 amide bonds. The van der Waals surface area contributed by atoms with Crippen LogP contribution in [0.15, 0.2) is 29.2 Å². The van der Waals surface area contributed by atoms with Crippen molar-refractivity contribution in [1.29, 1.82) is 0 Å². The van der Waals surface area contributed by atoms with Gasteiger partial charge < -0.3 is 5.32 Å². The smallest absolute Gasteiger partial charge is 0.0292 e. The lowest BCUT2D eigenvalue weighted by molar-refractivity contribution is 0.570. The summed E-state index contributed by atoms with van der Waals surface area (Å²) in [5.74, 6) is 3.76. The highest BCUT2D eigenvalue weighted by atomic mass is 32.2. The zero-order chi connectivity index (χ0) is 13.9. The topological polar surface area (TPSA) is 12.0 Å². The Kier molecular flexibility index (Phi) is 9.48. The van der Waals surface area contributed by atoms with Crippen LogP contribution in [-0.4, -0.2) is 23.8 Å². The molecule has 0 aliphatic carbocycles. The minimum Gasteiger partial charge on any atom is -0.310 e. The van der Waals surface area contributed by atoms with Gasteiger partial charge >= 0.3 is 0 Å². The van der Waals surface area contributed by atoms with Crippen LogP contribution in [0, 0.1) is 0 Å². The van der Waals surface area contributed by atoms with Crippen LogP contribution in [-0.2, 0) is 0 Å². The van der Waals surface area contributed by atoms with Crippen molar-refractivity contribution in [3.05, 3.63) is 29.8 Å². The number of nitrogens with one attached hydrogen (secondary N) is 1. The van der Waals surface area contributed by atoms with Gasteiger partial charge in [0.15, 0.2) is 0 Å². The fourth-order valence-electron chi connectivity index (χ4n) is 1.85. The maximum Gasteiger partial charge on any atom is 0.0292 e. The van der Waals surface area contributed by atoms with Crippen LogP contribution in [0.25, 0.3) is 0 Å². The Bertz CT molecular complexity index is 341. The molecule has 1 aromatic rings. The van der Waals surface area contributed by atoms with Gasteiger partial charge in [-0.2, -0.15) is 11.8 Å². The predicted octanol–water partition coefficient (Wildman–Crippen LogP) is 4.98. The van der Waals surface area contributed by atoms with Crippen molar-refractivity contribution >= 4 is 23.5 Å². The van der Waals surface area contributed by atoms with Gasteiger partial charge in [-0.25, -0.2) is 0 Å². The molecule has 0 aromatic heterocycles. The van der Waals surface area contributed by atoms with Crippen molar-refractivity contribution in [2.75, 3.05) is 23.8 Å². The molecule has 1 atom stereocenters. The molecule has 0 bridgehead atoms. The third-order valence-electron chi connectivity index (χ3n) is 2.96. The fourth-order valence-corrected chi connectivity index (χ4v) is 3.59. The molecule has 3 heteroatoms. The molecule has 0 aliphatic heterocycles. The Morgan fingerprint density at radius 1 is 1.21 bits per heavy atom. The molecule has 19 heavy (non-hydrogen) atoms. The van der Waals surface area contributed by atoms with Crippen molar-refractivity contribution in [2.45, 2.75) is 44.6 Å². The SMILES string of the molecule is CCCNC(C)c1cccc(SCCCSCC)c1. The summed E-state index contributed by atoms with van der Waals surface area (Å²) in [5, 5.41) is 3.55. The van der Waals surface area contributed by atoms with Crippen molar-refractivity contribution < 1.29 is 0 Å². The van der Waals surface area contributed by atoms with Gasteiger partial charge in [-0.1, -0.05) is 26.0 Å². The summed E-state index contributed by atoms with van der Waals surface area (Å²) in [5.41, 5.74) is 1.40. The van der Waals surface area contributed by atoms with Crippen molar-refractivity contribution in [2.24, 2.45) is 0 Å². The number of benzene rings is 1. The molecule has 1 N–H and O–H groups in total. The van der Waals surface area contributed by atoms with Crippen LogP contribution in [0.4, 0.5) is 0 Å². The van der Waals surface area contributed by atoms with Crippen LogP contribution >= 0.6 is 23.5 Å². The van der Waals surface area contributed by atoms with E-state index in [1.807, 2.05) is 23.5 Å². The highest BCUT2D eigenvalue weighted by Crippen LogP contribution is 2.23. The first-order chi connectivity index (χ1) is 9.27. The van der Waals surface area contributed by atoms with Gasteiger partial charge in [-0.3, -0.25) is 0 Å². The van der Waals surface area contributed by atoms with E-state index in [1.165, 1.54) is 40.6 Å². The fraction of sp³-hybridized carbons (Fsp3) is 0.625. The van der Waals surface area contributed by atoms with E-state index >= 15 is 0 Å². The van der Waals surface area contributed by atoms with Crippen LogP contribution in [0.3, 0.4) is 0 Å². The van der Waals surface area contributed by atoms with E-state index in [4.69, 9.17) is 0 Å². The predicted molar refractivity (Wildman–Crippen MR) is 91.5 cm³/mol. The third-order valence-corrected chi connectivity index (χ3v) is 5.03. The maximum atomic E-state index is 3.55. The number of rotatable bonds is 10. The van der Waals surface area contributed by atoms with E-state index in [0.717, 1.165) is 6.54 Å². The lowest BCUT2D eigenvalue weighted by Gasteiger charge is -2.14. The summed E-state index contributed by atoms with van der Waals surface area (Å²) in [7, 11) is 0. The Morgan fingerprint density at radius 2 is 2.05 bits per heavy atom. The number of thioether (sulfide) groups is 2. The normalized spacial score (nSPS) is 12.6. The first kappa shape index (κ1) is 16.9. The second-order valence-corrected chi connectivity index (χ2v) is 7.21. The minimum atomic E-state index is 0.455. The molecule has 0 saturated heterocycles. The average Bonchev–Trinajstić information content (AvgIpc) is 2.45. The van der Waals surface area contributed by atoms with Gasteiger partial charge in [-0.15, -0.1) is 11.8 Å². The van der Waals surface area contributed by atoms with Crippen molar-refractivity contribution in [1.82, 2.24) is 5.32 Å². The van der Waals surface area contributed by atoms with Crippen LogP contribution < -0.4 is 5.32 Å². The Labute approximate surface area is 127 Å². The standard InChI is InChI=1S/C16H27NS2/c1-4-10-17-14(3)15-8-6-9-16(13-15)19-12-7-11-18-5-2/h6,8-9,13-14,17H,4-5,7,10-12H2,1-3H3. The summed E-state index contributed by atoms with van der Waals surface area (Å²) < 4.78 is 0. The van der Waals surface area contributed by atoms with Gasteiger partial charge in [-0.05, 0) is 61.3 Å². The summed E-state index contributed by atoms with van der Waals surface area (Å²) in [6.45, 7) is 7.77. The van der Waals surface area contributed by atoms with E-state index in [1.54, 1.807) is 0 Å². The van der Waals surface area contributed by atoms with Gasteiger partial charge in [0.1, 0.15) is 0 Å². The van der Waals surface area contributed by atoms with Gasteiger partial charge in [0.2, 0.25) is 0 Å². The van der Waals surface area contributed by atoms with Crippen molar-refractivity contribution in [3.63, 3.8) is 0 Å². The highest BCUT2D eigenvalue weighted by Gasteiger charge is 2.04. The Balaban J connectivity index is 2.38. The maximum absolute atomic E-state index is 3.55. The lowest BCUT2D eigenvalue weighted by atomic mass is 10.1. The molecule has 0 heterocycles. The molecule has 0 fully saturated rings. The Morgan fingerprint density at radius 3 is 2.79 bits per heavy atom. The van der Waals surface area contributed by atoms with Crippen LogP contribution in [0.1, 0.15) is 45.2 Å². The molecule has 108 valence electrons. The average molecular weight is 298 g/mol. The molecule has 0 aliphatic rings. The molecule has 0 saturated carbocycles. The van der Waals surface area contributed by atoms with Crippen LogP contribution in [0.2, 0.25) is 0 Å². The molecular weight excluding hydrogens is 270 g/mol. The van der Waals surface area contributed by atoms with E-state index in [2.05, 4.69) is 50.4 Å². The molecule has 0 radical (unpaired) electrons. The lowest BCUT2D eigenvalue weighted by Crippen LogP contribution is -2.19. The third kappa shape index (κ3) is 7.28. The van der Waals surface area contributed by atoms with Gasteiger partial charge in [0, 0.05) is 10.9 Å². The quantitative estimate of drug-likeness (QED) is 0.483. The summed E-state index contributed by atoms with van der Waals surface area (Å²) in [4.78, 5) is 1.41. The number of hydrogen-bond donors (Lipinski definition) is 1. The van der Waals surface area contributed by atoms with Gasteiger partial charge in [0.25, 0.3) is 0 Å². The minimum absolute atomic E-state index is 0.455. The second-order valence-electron chi connectivity index (χ2n) is 4.65. The molecule has 1 nitrogen and oxygen atoms in total. The summed E-state index contributed by atoms with van der Waals surface area (Å²) in [6, 6.07) is 9.43. The molecular formula is C16H27NS2. The molecule has 1 unspecified atom stereocenters. The first-order valence-corrected chi connectivity index (χ1v) is 9.45.